The van der Waals surface area contributed by atoms with Crippen molar-refractivity contribution in [1.82, 2.24) is 14.4 Å². The number of halogens is 1. The number of aromatic nitrogens is 3. The van der Waals surface area contributed by atoms with E-state index >= 15 is 0 Å². The van der Waals surface area contributed by atoms with Crippen molar-refractivity contribution in [2.45, 2.75) is 25.2 Å². The summed E-state index contributed by atoms with van der Waals surface area (Å²) in [5.41, 5.74) is 12.6. The molecule has 6 nitrogen and oxygen atoms in total. The van der Waals surface area contributed by atoms with Gasteiger partial charge in [-0.15, -0.1) is 11.3 Å². The van der Waals surface area contributed by atoms with Crippen LogP contribution in [0.25, 0.3) is 17.0 Å². The van der Waals surface area contributed by atoms with Crippen LogP contribution in [0.2, 0.25) is 0 Å². The van der Waals surface area contributed by atoms with E-state index in [9.17, 15) is 4.79 Å². The predicted octanol–water partition coefficient (Wildman–Crippen LogP) is 6.44. The number of nitrogens with two attached hydrogens (primary N) is 1. The number of thiazole rings is 1. The summed E-state index contributed by atoms with van der Waals surface area (Å²) in [7, 11) is 0. The fourth-order valence-corrected chi connectivity index (χ4v) is 5.97. The highest BCUT2D eigenvalue weighted by Gasteiger charge is 2.48. The van der Waals surface area contributed by atoms with Gasteiger partial charge < -0.3 is 11.1 Å². The molecule has 174 valence electrons. The van der Waals surface area contributed by atoms with Crippen LogP contribution in [0.5, 0.6) is 0 Å². The maximum absolute atomic E-state index is 12.7. The zero-order valence-corrected chi connectivity index (χ0v) is 21.4. The molecule has 0 spiro atoms. The molecular weight excluding hydrogens is 522 g/mol. The molecule has 0 atom stereocenters. The number of para-hydroxylation sites is 2. The highest BCUT2D eigenvalue weighted by Crippen LogP contribution is 2.54. The molecule has 0 bridgehead atoms. The average molecular weight is 544 g/mol. The Morgan fingerprint density at radius 3 is 2.60 bits per heavy atom. The number of carbonyl (C=O) groups excluding carboxylic acids is 1. The fraction of sp³-hybridized carbons (Fsp3) is 0.148. The summed E-state index contributed by atoms with van der Waals surface area (Å²) in [5, 5.41) is 6.12. The minimum atomic E-state index is -0.176. The Labute approximate surface area is 215 Å². The van der Waals surface area contributed by atoms with Gasteiger partial charge in [-0.05, 0) is 77.7 Å². The molecule has 0 radical (unpaired) electrons. The van der Waals surface area contributed by atoms with E-state index in [0.29, 0.717) is 16.9 Å². The van der Waals surface area contributed by atoms with Gasteiger partial charge in [0.05, 0.1) is 22.8 Å². The summed E-state index contributed by atoms with van der Waals surface area (Å²) >= 11 is 5.25. The fourth-order valence-electron chi connectivity index (χ4n) is 4.54. The third-order valence-electron chi connectivity index (χ3n) is 6.57. The van der Waals surface area contributed by atoms with Gasteiger partial charge >= 0.3 is 0 Å². The first-order valence-corrected chi connectivity index (χ1v) is 13.0. The normalized spacial score (nSPS) is 14.2. The van der Waals surface area contributed by atoms with Crippen molar-refractivity contribution in [3.05, 3.63) is 98.5 Å². The van der Waals surface area contributed by atoms with Gasteiger partial charge in [0, 0.05) is 27.0 Å². The Morgan fingerprint density at radius 1 is 1.09 bits per heavy atom. The van der Waals surface area contributed by atoms with Gasteiger partial charge in [0.1, 0.15) is 16.3 Å². The van der Waals surface area contributed by atoms with Crippen molar-refractivity contribution in [2.75, 3.05) is 11.1 Å². The summed E-state index contributed by atoms with van der Waals surface area (Å²) < 4.78 is 3.09. The van der Waals surface area contributed by atoms with Crippen LogP contribution in [0, 0.1) is 6.92 Å². The van der Waals surface area contributed by atoms with E-state index in [-0.39, 0.29) is 11.3 Å². The lowest BCUT2D eigenvalue weighted by Gasteiger charge is -2.14. The van der Waals surface area contributed by atoms with Gasteiger partial charge in [-0.1, -0.05) is 24.3 Å². The average Bonchev–Trinajstić information content (AvgIpc) is 3.41. The third-order valence-corrected chi connectivity index (χ3v) is 8.09. The van der Waals surface area contributed by atoms with E-state index < -0.39 is 0 Å². The van der Waals surface area contributed by atoms with E-state index in [1.807, 2.05) is 61.7 Å². The molecule has 0 unspecified atom stereocenters. The van der Waals surface area contributed by atoms with E-state index in [1.54, 1.807) is 23.5 Å². The minimum Gasteiger partial charge on any atom is -0.397 e. The quantitative estimate of drug-likeness (QED) is 0.249. The Bertz CT molecular complexity index is 1580. The molecule has 1 aliphatic rings. The molecule has 3 aromatic heterocycles. The first kappa shape index (κ1) is 22.0. The zero-order valence-electron chi connectivity index (χ0n) is 19.0. The monoisotopic (exact) mass is 543 g/mol. The maximum atomic E-state index is 12.7. The molecule has 1 amide bonds. The van der Waals surface area contributed by atoms with Crippen LogP contribution in [0.4, 0.5) is 11.4 Å². The smallest absolute Gasteiger partial charge is 0.255 e. The van der Waals surface area contributed by atoms with Crippen molar-refractivity contribution in [2.24, 2.45) is 0 Å². The Kier molecular flexibility index (Phi) is 5.23. The second-order valence-electron chi connectivity index (χ2n) is 8.86. The number of hydrogen-bond acceptors (Lipinski definition) is 5. The molecule has 1 saturated carbocycles. The number of nitrogens with one attached hydrogen (secondary N) is 1. The number of nitrogens with zero attached hydrogens (tertiary/aromatic N) is 3. The van der Waals surface area contributed by atoms with Crippen LogP contribution in [0.1, 0.15) is 39.5 Å². The van der Waals surface area contributed by atoms with Gasteiger partial charge in [-0.25, -0.2) is 9.97 Å². The van der Waals surface area contributed by atoms with Gasteiger partial charge in [0.15, 0.2) is 0 Å². The van der Waals surface area contributed by atoms with Crippen molar-refractivity contribution in [1.29, 1.82) is 0 Å². The summed E-state index contributed by atoms with van der Waals surface area (Å²) in [4.78, 5) is 22.5. The number of pyridine rings is 1. The van der Waals surface area contributed by atoms with Crippen molar-refractivity contribution in [3.63, 3.8) is 0 Å². The summed E-state index contributed by atoms with van der Waals surface area (Å²) in [6, 6.07) is 19.1. The molecule has 2 aromatic carbocycles. The molecule has 3 N–H and O–H groups in total. The van der Waals surface area contributed by atoms with E-state index in [2.05, 4.69) is 31.0 Å². The van der Waals surface area contributed by atoms with Crippen LogP contribution >= 0.6 is 27.3 Å². The number of anilines is 2. The number of hydrogen-bond donors (Lipinski definition) is 2. The summed E-state index contributed by atoms with van der Waals surface area (Å²) in [6.45, 7) is 2.02. The molecule has 1 fully saturated rings. The van der Waals surface area contributed by atoms with E-state index in [0.717, 1.165) is 45.1 Å². The summed E-state index contributed by atoms with van der Waals surface area (Å²) in [5.74, 6) is -0.176. The molecule has 3 heterocycles. The Morgan fingerprint density at radius 2 is 1.86 bits per heavy atom. The van der Waals surface area contributed by atoms with Gasteiger partial charge in [0.2, 0.25) is 0 Å². The SMILES string of the molecule is Cc1nc2ccc(Br)cn2c1-c1csc(C2(c3ccc(C(=O)Nc4ccccc4N)cc3)CC2)n1. The number of rotatable bonds is 5. The second kappa shape index (κ2) is 8.32. The summed E-state index contributed by atoms with van der Waals surface area (Å²) in [6.07, 6.45) is 4.12. The number of nitrogen functional groups attached to an aromatic ring is 1. The molecular formula is C27H22BrN5OS. The van der Waals surface area contributed by atoms with Crippen LogP contribution in [-0.2, 0) is 5.41 Å². The standard InChI is InChI=1S/C27H22BrN5OS/c1-16-24(33-14-19(28)10-11-23(33)30-16)22-15-35-26(32-22)27(12-13-27)18-8-6-17(7-9-18)25(34)31-21-5-3-2-4-20(21)29/h2-11,14-15H,12-13,29H2,1H3,(H,31,34). The van der Waals surface area contributed by atoms with Gasteiger partial charge in [-0.3, -0.25) is 9.20 Å². The van der Waals surface area contributed by atoms with Crippen LogP contribution in [0.15, 0.2) is 76.7 Å². The number of amides is 1. The minimum absolute atomic E-state index is 0.0865. The van der Waals surface area contributed by atoms with Gasteiger partial charge in [-0.2, -0.15) is 0 Å². The van der Waals surface area contributed by atoms with Crippen molar-refractivity contribution < 1.29 is 4.79 Å². The maximum Gasteiger partial charge on any atom is 0.255 e. The van der Waals surface area contributed by atoms with Crippen LogP contribution in [0.3, 0.4) is 0 Å². The van der Waals surface area contributed by atoms with E-state index in [1.165, 1.54) is 5.56 Å². The van der Waals surface area contributed by atoms with Crippen molar-refractivity contribution >= 4 is 50.2 Å². The lowest BCUT2D eigenvalue weighted by atomic mass is 9.95. The van der Waals surface area contributed by atoms with E-state index in [4.69, 9.17) is 15.7 Å². The Hall–Kier alpha value is -3.49. The Balaban J connectivity index is 1.27. The number of fused-ring (bicyclic) bond motifs is 1. The molecule has 35 heavy (non-hydrogen) atoms. The van der Waals surface area contributed by atoms with Gasteiger partial charge in [0.25, 0.3) is 5.91 Å². The molecule has 0 aliphatic heterocycles. The molecule has 6 rings (SSSR count). The molecule has 5 aromatic rings. The lowest BCUT2D eigenvalue weighted by molar-refractivity contribution is 0.102. The van der Waals surface area contributed by atoms with Crippen LogP contribution < -0.4 is 11.1 Å². The topological polar surface area (TPSA) is 85.3 Å². The second-order valence-corrected chi connectivity index (χ2v) is 10.6. The van der Waals surface area contributed by atoms with Crippen LogP contribution in [-0.4, -0.2) is 20.3 Å². The first-order valence-electron chi connectivity index (χ1n) is 11.3. The molecule has 8 heteroatoms. The number of aryl methyl sites for hydroxylation is 1. The first-order chi connectivity index (χ1) is 16.9. The number of imidazole rings is 1. The number of benzene rings is 2. The largest absolute Gasteiger partial charge is 0.397 e. The number of carbonyl (C=O) groups is 1. The molecule has 0 saturated heterocycles. The zero-order chi connectivity index (χ0) is 24.2. The van der Waals surface area contributed by atoms with Crippen molar-refractivity contribution in [3.8, 4) is 11.4 Å². The predicted molar refractivity (Wildman–Crippen MR) is 144 cm³/mol. The highest BCUT2D eigenvalue weighted by molar-refractivity contribution is 9.10. The molecule has 1 aliphatic carbocycles. The highest BCUT2D eigenvalue weighted by atomic mass is 79.9. The lowest BCUT2D eigenvalue weighted by Crippen LogP contribution is -2.14. The third kappa shape index (κ3) is 3.83.